The Hall–Kier alpha value is -1.91. The fourth-order valence-corrected chi connectivity index (χ4v) is 2.65. The van der Waals surface area contributed by atoms with Gasteiger partial charge in [-0.1, -0.05) is 19.8 Å². The van der Waals surface area contributed by atoms with E-state index in [1.807, 2.05) is 0 Å². The monoisotopic (exact) mass is 292 g/mol. The molecular weight excluding hydrogens is 271 g/mol. The van der Waals surface area contributed by atoms with Crippen LogP contribution < -0.4 is 10.6 Å². The van der Waals surface area contributed by atoms with Gasteiger partial charge in [-0.15, -0.1) is 0 Å². The van der Waals surface area contributed by atoms with E-state index in [0.29, 0.717) is 11.5 Å². The molecule has 4 nitrogen and oxygen atoms in total. The van der Waals surface area contributed by atoms with Crippen molar-refractivity contribution in [3.63, 3.8) is 0 Å². The lowest BCUT2D eigenvalue weighted by atomic mass is 9.86. The number of rotatable bonds is 4. The Kier molecular flexibility index (Phi) is 5.31. The van der Waals surface area contributed by atoms with E-state index in [2.05, 4.69) is 17.6 Å². The summed E-state index contributed by atoms with van der Waals surface area (Å²) in [7, 11) is 0. The Balaban J connectivity index is 1.78. The van der Waals surface area contributed by atoms with Gasteiger partial charge in [0.15, 0.2) is 0 Å². The summed E-state index contributed by atoms with van der Waals surface area (Å²) in [4.78, 5) is 23.7. The van der Waals surface area contributed by atoms with Crippen LogP contribution in [0.1, 0.15) is 43.0 Å². The van der Waals surface area contributed by atoms with E-state index >= 15 is 0 Å². The van der Waals surface area contributed by atoms with Crippen LogP contribution in [0.2, 0.25) is 0 Å². The quantitative estimate of drug-likeness (QED) is 0.894. The average Bonchev–Trinajstić information content (AvgIpc) is 2.48. The van der Waals surface area contributed by atoms with Gasteiger partial charge in [-0.25, -0.2) is 4.39 Å². The maximum absolute atomic E-state index is 12.8. The molecule has 1 aliphatic carbocycles. The third-order valence-corrected chi connectivity index (χ3v) is 3.97. The molecule has 0 unspecified atom stereocenters. The van der Waals surface area contributed by atoms with Crippen LogP contribution in [0.4, 0.5) is 4.39 Å². The van der Waals surface area contributed by atoms with E-state index < -0.39 is 5.82 Å². The van der Waals surface area contributed by atoms with Crippen molar-refractivity contribution >= 4 is 11.8 Å². The second kappa shape index (κ2) is 7.20. The SMILES string of the molecule is C[C@@H]1CCCC[C@@H]1NC(=O)CNC(=O)c1ccc(F)cc1. The highest BCUT2D eigenvalue weighted by Gasteiger charge is 2.22. The number of carbonyl (C=O) groups is 2. The van der Waals surface area contributed by atoms with E-state index in [1.54, 1.807) is 0 Å². The van der Waals surface area contributed by atoms with Crippen molar-refractivity contribution in [1.82, 2.24) is 10.6 Å². The Morgan fingerprint density at radius 2 is 1.86 bits per heavy atom. The van der Waals surface area contributed by atoms with Crippen molar-refractivity contribution in [3.8, 4) is 0 Å². The first-order chi connectivity index (χ1) is 10.1. The molecule has 0 heterocycles. The van der Waals surface area contributed by atoms with Crippen LogP contribution >= 0.6 is 0 Å². The molecule has 2 rings (SSSR count). The fourth-order valence-electron chi connectivity index (χ4n) is 2.65. The lowest BCUT2D eigenvalue weighted by molar-refractivity contribution is -0.121. The molecule has 0 aromatic heterocycles. The Morgan fingerprint density at radius 1 is 1.19 bits per heavy atom. The van der Waals surface area contributed by atoms with Crippen LogP contribution in [0.15, 0.2) is 24.3 Å². The summed E-state index contributed by atoms with van der Waals surface area (Å²) < 4.78 is 12.8. The molecule has 1 fully saturated rings. The number of carbonyl (C=O) groups excluding carboxylic acids is 2. The molecule has 0 spiro atoms. The predicted octanol–water partition coefficient (Wildman–Crippen LogP) is 2.25. The van der Waals surface area contributed by atoms with Gasteiger partial charge in [0.2, 0.25) is 5.91 Å². The second-order valence-electron chi connectivity index (χ2n) is 5.63. The van der Waals surface area contributed by atoms with Gasteiger partial charge in [0.25, 0.3) is 5.91 Å². The van der Waals surface area contributed by atoms with Gasteiger partial charge in [-0.05, 0) is 43.0 Å². The molecule has 2 atom stereocenters. The first-order valence-electron chi connectivity index (χ1n) is 7.39. The first-order valence-corrected chi connectivity index (χ1v) is 7.39. The maximum Gasteiger partial charge on any atom is 0.251 e. The highest BCUT2D eigenvalue weighted by molar-refractivity contribution is 5.96. The standard InChI is InChI=1S/C16H21FN2O2/c1-11-4-2-3-5-14(11)19-15(20)10-18-16(21)12-6-8-13(17)9-7-12/h6-9,11,14H,2-5,10H2,1H3,(H,18,21)(H,19,20)/t11-,14+/m1/s1. The molecule has 2 amide bonds. The third kappa shape index (κ3) is 4.55. The van der Waals surface area contributed by atoms with Gasteiger partial charge >= 0.3 is 0 Å². The lowest BCUT2D eigenvalue weighted by Crippen LogP contribution is -2.45. The molecule has 1 aromatic rings. The smallest absolute Gasteiger partial charge is 0.251 e. The van der Waals surface area contributed by atoms with Crippen LogP contribution in [0.3, 0.4) is 0 Å². The number of benzene rings is 1. The zero-order valence-corrected chi connectivity index (χ0v) is 12.2. The molecule has 0 radical (unpaired) electrons. The molecule has 0 aliphatic heterocycles. The predicted molar refractivity (Wildman–Crippen MR) is 78.3 cm³/mol. The third-order valence-electron chi connectivity index (χ3n) is 3.97. The minimum Gasteiger partial charge on any atom is -0.352 e. The van der Waals surface area contributed by atoms with E-state index in [0.717, 1.165) is 19.3 Å². The molecule has 5 heteroatoms. The van der Waals surface area contributed by atoms with Crippen LogP contribution in [0.5, 0.6) is 0 Å². The summed E-state index contributed by atoms with van der Waals surface area (Å²) in [5.74, 6) is -0.461. The van der Waals surface area contributed by atoms with E-state index in [9.17, 15) is 14.0 Å². The average molecular weight is 292 g/mol. The van der Waals surface area contributed by atoms with Gasteiger partial charge in [-0.3, -0.25) is 9.59 Å². The summed E-state index contributed by atoms with van der Waals surface area (Å²) in [6, 6.07) is 5.43. The molecule has 114 valence electrons. The van der Waals surface area contributed by atoms with Crippen molar-refractivity contribution in [2.45, 2.75) is 38.6 Å². The Bertz CT molecular complexity index is 502. The number of nitrogens with one attached hydrogen (secondary N) is 2. The number of amides is 2. The van der Waals surface area contributed by atoms with Crippen molar-refractivity contribution in [2.75, 3.05) is 6.54 Å². The molecule has 1 saturated carbocycles. The summed E-state index contributed by atoms with van der Waals surface area (Å²) in [5, 5.41) is 5.52. The highest BCUT2D eigenvalue weighted by atomic mass is 19.1. The summed E-state index contributed by atoms with van der Waals surface area (Å²) >= 11 is 0. The highest BCUT2D eigenvalue weighted by Crippen LogP contribution is 2.23. The Labute approximate surface area is 124 Å². The number of hydrogen-bond donors (Lipinski definition) is 2. The van der Waals surface area contributed by atoms with E-state index in [1.165, 1.54) is 30.7 Å². The van der Waals surface area contributed by atoms with Crippen molar-refractivity contribution in [2.24, 2.45) is 5.92 Å². The second-order valence-corrected chi connectivity index (χ2v) is 5.63. The number of hydrogen-bond acceptors (Lipinski definition) is 2. The first kappa shape index (κ1) is 15.5. The van der Waals surface area contributed by atoms with Gasteiger partial charge in [0.1, 0.15) is 5.82 Å². The molecule has 1 aromatic carbocycles. The van der Waals surface area contributed by atoms with Crippen LogP contribution in [0.25, 0.3) is 0 Å². The van der Waals surface area contributed by atoms with Crippen molar-refractivity contribution in [3.05, 3.63) is 35.6 Å². The maximum atomic E-state index is 12.8. The largest absolute Gasteiger partial charge is 0.352 e. The summed E-state index contributed by atoms with van der Waals surface area (Å²) in [6.45, 7) is 2.08. The van der Waals surface area contributed by atoms with Gasteiger partial charge in [0.05, 0.1) is 6.54 Å². The fraction of sp³-hybridized carbons (Fsp3) is 0.500. The zero-order chi connectivity index (χ0) is 15.2. The normalized spacial score (nSPS) is 21.6. The van der Waals surface area contributed by atoms with Gasteiger partial charge in [0, 0.05) is 11.6 Å². The lowest BCUT2D eigenvalue weighted by Gasteiger charge is -2.29. The molecule has 0 saturated heterocycles. The van der Waals surface area contributed by atoms with Crippen molar-refractivity contribution in [1.29, 1.82) is 0 Å². The van der Waals surface area contributed by atoms with Gasteiger partial charge < -0.3 is 10.6 Å². The van der Waals surface area contributed by atoms with Crippen LogP contribution in [-0.4, -0.2) is 24.4 Å². The summed E-state index contributed by atoms with van der Waals surface area (Å²) in [6.07, 6.45) is 4.48. The van der Waals surface area contributed by atoms with Crippen molar-refractivity contribution < 1.29 is 14.0 Å². The Morgan fingerprint density at radius 3 is 2.52 bits per heavy atom. The number of halogens is 1. The molecule has 1 aliphatic rings. The topological polar surface area (TPSA) is 58.2 Å². The molecule has 2 N–H and O–H groups in total. The minimum absolute atomic E-state index is 0.0561. The zero-order valence-electron chi connectivity index (χ0n) is 12.2. The molecule has 0 bridgehead atoms. The van der Waals surface area contributed by atoms with Crippen LogP contribution in [0, 0.1) is 11.7 Å². The minimum atomic E-state index is -0.393. The van der Waals surface area contributed by atoms with E-state index in [-0.39, 0.29) is 24.4 Å². The molecule has 21 heavy (non-hydrogen) atoms. The van der Waals surface area contributed by atoms with Gasteiger partial charge in [-0.2, -0.15) is 0 Å². The summed E-state index contributed by atoms with van der Waals surface area (Å²) in [5.41, 5.74) is 0.343. The van der Waals surface area contributed by atoms with Crippen LogP contribution in [-0.2, 0) is 4.79 Å². The molecular formula is C16H21FN2O2. The van der Waals surface area contributed by atoms with E-state index in [4.69, 9.17) is 0 Å².